The van der Waals surface area contributed by atoms with E-state index in [2.05, 4.69) is 25.1 Å². The van der Waals surface area contributed by atoms with E-state index in [4.69, 9.17) is 0 Å². The summed E-state index contributed by atoms with van der Waals surface area (Å²) in [6, 6.07) is 11.8. The fourth-order valence-corrected chi connectivity index (χ4v) is 4.31. The van der Waals surface area contributed by atoms with Crippen molar-refractivity contribution in [2.45, 2.75) is 12.8 Å². The van der Waals surface area contributed by atoms with Crippen LogP contribution in [0.3, 0.4) is 0 Å². The molecule has 3 nitrogen and oxygen atoms in total. The first-order chi connectivity index (χ1) is 9.16. The molecule has 0 atom stereocenters. The van der Waals surface area contributed by atoms with Crippen LogP contribution in [0.2, 0.25) is 0 Å². The number of rotatable bonds is 6. The third kappa shape index (κ3) is 5.38. The van der Waals surface area contributed by atoms with Crippen LogP contribution in [0.1, 0.15) is 11.4 Å². The molecule has 0 fully saturated rings. The molecule has 0 radical (unpaired) electrons. The first-order valence-electron chi connectivity index (χ1n) is 6.26. The second-order valence-electron chi connectivity index (χ2n) is 4.44. The molecule has 1 N–H and O–H groups in total. The van der Waals surface area contributed by atoms with Crippen molar-refractivity contribution in [3.63, 3.8) is 0 Å². The van der Waals surface area contributed by atoms with Gasteiger partial charge in [-0.05, 0) is 0 Å². The Morgan fingerprint density at radius 3 is 1.74 bits per heavy atom. The summed E-state index contributed by atoms with van der Waals surface area (Å²) in [6.07, 6.45) is 6.77. The van der Waals surface area contributed by atoms with E-state index in [-0.39, 0.29) is 0 Å². The molecule has 2 aromatic heterocycles. The molecular weight excluding hydrogens is 322 g/mol. The van der Waals surface area contributed by atoms with Crippen molar-refractivity contribution < 1.29 is 4.89 Å². The fourth-order valence-electron chi connectivity index (χ4n) is 1.78. The van der Waals surface area contributed by atoms with E-state index in [1.807, 2.05) is 36.4 Å². The molecular formula is C14H17N2OPSe. The third-order valence-electron chi connectivity index (χ3n) is 2.89. The molecule has 0 amide bonds. The summed E-state index contributed by atoms with van der Waals surface area (Å²) in [4.78, 5) is 19.0. The van der Waals surface area contributed by atoms with Gasteiger partial charge in [-0.2, -0.15) is 0 Å². The zero-order valence-electron chi connectivity index (χ0n) is 10.6. The van der Waals surface area contributed by atoms with Gasteiger partial charge in [0.15, 0.2) is 0 Å². The molecule has 0 aliphatic heterocycles. The van der Waals surface area contributed by atoms with Gasteiger partial charge in [-0.3, -0.25) is 0 Å². The molecule has 0 aliphatic rings. The van der Waals surface area contributed by atoms with Gasteiger partial charge in [0.05, 0.1) is 0 Å². The molecule has 2 heterocycles. The van der Waals surface area contributed by atoms with E-state index in [9.17, 15) is 4.89 Å². The van der Waals surface area contributed by atoms with Gasteiger partial charge in [0.1, 0.15) is 0 Å². The van der Waals surface area contributed by atoms with Crippen molar-refractivity contribution in [3.05, 3.63) is 60.2 Å². The second-order valence-corrected chi connectivity index (χ2v) is 11.3. The van der Waals surface area contributed by atoms with E-state index < -0.39 is 5.74 Å². The SMILES string of the molecule is OP(=[Se])(CCc1ccccn1)CCc1ccccn1. The van der Waals surface area contributed by atoms with Crippen molar-refractivity contribution in [1.82, 2.24) is 9.97 Å². The number of hydrogen-bond donors (Lipinski definition) is 1. The van der Waals surface area contributed by atoms with E-state index in [0.29, 0.717) is 0 Å². The van der Waals surface area contributed by atoms with Crippen LogP contribution in [-0.2, 0) is 12.8 Å². The van der Waals surface area contributed by atoms with Gasteiger partial charge in [0.25, 0.3) is 0 Å². The molecule has 2 aromatic rings. The molecule has 19 heavy (non-hydrogen) atoms. The predicted octanol–water partition coefficient (Wildman–Crippen LogP) is 2.27. The van der Waals surface area contributed by atoms with Crippen LogP contribution in [-0.4, -0.2) is 42.3 Å². The maximum atomic E-state index is 10.4. The molecule has 0 unspecified atom stereocenters. The number of aromatic nitrogens is 2. The Kier molecular flexibility index (Phi) is 5.47. The van der Waals surface area contributed by atoms with E-state index >= 15 is 0 Å². The van der Waals surface area contributed by atoms with Gasteiger partial charge < -0.3 is 0 Å². The molecule has 0 aromatic carbocycles. The number of nitrogens with zero attached hydrogens (tertiary/aromatic N) is 2. The van der Waals surface area contributed by atoms with Gasteiger partial charge >= 0.3 is 121 Å². The van der Waals surface area contributed by atoms with E-state index in [1.54, 1.807) is 12.4 Å². The third-order valence-corrected chi connectivity index (χ3v) is 7.03. The second kappa shape index (κ2) is 7.12. The first kappa shape index (κ1) is 14.6. The first-order valence-corrected chi connectivity index (χ1v) is 10.6. The Labute approximate surface area is 121 Å². The topological polar surface area (TPSA) is 46.0 Å². The van der Waals surface area contributed by atoms with Crippen molar-refractivity contribution >= 4 is 20.8 Å². The Hall–Kier alpha value is -0.791. The van der Waals surface area contributed by atoms with Crippen LogP contribution in [0.5, 0.6) is 0 Å². The molecule has 100 valence electrons. The van der Waals surface area contributed by atoms with Crippen LogP contribution in [0.25, 0.3) is 0 Å². The van der Waals surface area contributed by atoms with Crippen molar-refractivity contribution in [3.8, 4) is 0 Å². The zero-order chi connectivity index (χ0) is 13.6. The minimum absolute atomic E-state index is 0.775. The van der Waals surface area contributed by atoms with Crippen LogP contribution < -0.4 is 0 Å². The van der Waals surface area contributed by atoms with E-state index in [0.717, 1.165) is 36.6 Å². The summed E-state index contributed by atoms with van der Waals surface area (Å²) in [7, 11) is 0. The molecule has 2 rings (SSSR count). The standard InChI is InChI=1S/C14H17N2OPSe/c17-18(19,11-7-13-5-1-3-9-15-13)12-8-14-6-2-4-10-16-14/h1-6,9-10H,7-8,11-12H2,(H,17,19). The van der Waals surface area contributed by atoms with Crippen molar-refractivity contribution in [2.24, 2.45) is 0 Å². The van der Waals surface area contributed by atoms with Gasteiger partial charge in [-0.15, -0.1) is 0 Å². The molecule has 0 saturated heterocycles. The van der Waals surface area contributed by atoms with Gasteiger partial charge in [0.2, 0.25) is 0 Å². The maximum absolute atomic E-state index is 10.4. The predicted molar refractivity (Wildman–Crippen MR) is 80.5 cm³/mol. The monoisotopic (exact) mass is 340 g/mol. The summed E-state index contributed by atoms with van der Waals surface area (Å²) in [5, 5.41) is 0. The Morgan fingerprint density at radius 1 is 0.895 bits per heavy atom. The van der Waals surface area contributed by atoms with Crippen molar-refractivity contribution in [1.29, 1.82) is 0 Å². The van der Waals surface area contributed by atoms with Crippen LogP contribution >= 0.6 is 5.74 Å². The molecule has 5 heteroatoms. The van der Waals surface area contributed by atoms with Gasteiger partial charge in [-0.25, -0.2) is 0 Å². The number of hydrogen-bond acceptors (Lipinski definition) is 3. The normalized spacial score (nSPS) is 11.4. The van der Waals surface area contributed by atoms with Crippen LogP contribution in [0.15, 0.2) is 48.8 Å². The molecule has 0 saturated carbocycles. The Morgan fingerprint density at radius 2 is 1.37 bits per heavy atom. The Balaban J connectivity index is 1.84. The Bertz CT molecular complexity index is 500. The number of pyridine rings is 2. The average Bonchev–Trinajstić information content (AvgIpc) is 2.46. The summed E-state index contributed by atoms with van der Waals surface area (Å²) >= 11 is 3.01. The molecule has 0 spiro atoms. The summed E-state index contributed by atoms with van der Waals surface area (Å²) in [5.74, 6) is 0. The fraction of sp³-hybridized carbons (Fsp3) is 0.286. The average molecular weight is 339 g/mol. The summed E-state index contributed by atoms with van der Waals surface area (Å²) in [5.41, 5.74) is 0.0938. The molecule has 0 aliphatic carbocycles. The summed E-state index contributed by atoms with van der Waals surface area (Å²) < 4.78 is 0. The van der Waals surface area contributed by atoms with E-state index in [1.165, 1.54) is 0 Å². The zero-order valence-corrected chi connectivity index (χ0v) is 13.3. The van der Waals surface area contributed by atoms with Gasteiger partial charge in [-0.1, -0.05) is 0 Å². The number of aryl methyl sites for hydroxylation is 2. The van der Waals surface area contributed by atoms with Crippen LogP contribution in [0, 0.1) is 0 Å². The minimum atomic E-state index is -1.98. The van der Waals surface area contributed by atoms with Crippen LogP contribution in [0.4, 0.5) is 0 Å². The van der Waals surface area contributed by atoms with Gasteiger partial charge in [0, 0.05) is 0 Å². The molecule has 0 bridgehead atoms. The quantitative estimate of drug-likeness (QED) is 0.649. The summed E-state index contributed by atoms with van der Waals surface area (Å²) in [6.45, 7) is 0. The van der Waals surface area contributed by atoms with Crippen molar-refractivity contribution in [2.75, 3.05) is 12.3 Å².